The molecule has 110 valence electrons. The number of benzene rings is 1. The van der Waals surface area contributed by atoms with Gasteiger partial charge in [-0.15, -0.1) is 17.9 Å². The van der Waals surface area contributed by atoms with Gasteiger partial charge in [-0.3, -0.25) is 4.99 Å². The Hall–Kier alpha value is -2.34. The lowest BCUT2D eigenvalue weighted by Gasteiger charge is -2.03. The van der Waals surface area contributed by atoms with Gasteiger partial charge in [0.15, 0.2) is 11.5 Å². The summed E-state index contributed by atoms with van der Waals surface area (Å²) < 4.78 is 6.85. The third-order valence-corrected chi connectivity index (χ3v) is 3.70. The minimum absolute atomic E-state index is 0.107. The van der Waals surface area contributed by atoms with Crippen molar-refractivity contribution in [3.8, 4) is 11.5 Å². The molecule has 0 unspecified atom stereocenters. The molecule has 0 fully saturated rings. The predicted molar refractivity (Wildman–Crippen MR) is 85.3 cm³/mol. The topological polar surface area (TPSA) is 59.1 Å². The number of aromatic nitrogens is 1. The van der Waals surface area contributed by atoms with Gasteiger partial charge >= 0.3 is 0 Å². The molecule has 0 aliphatic carbocycles. The van der Waals surface area contributed by atoms with E-state index >= 15 is 0 Å². The molecule has 0 saturated carbocycles. The van der Waals surface area contributed by atoms with Crippen LogP contribution in [0.25, 0.3) is 0 Å². The molecule has 0 aliphatic rings. The zero-order valence-electron chi connectivity index (χ0n) is 12.0. The first-order valence-corrected chi connectivity index (χ1v) is 7.23. The second-order valence-electron chi connectivity index (χ2n) is 4.28. The lowest BCUT2D eigenvalue weighted by Crippen LogP contribution is -2.12. The highest BCUT2D eigenvalue weighted by molar-refractivity contribution is 7.07. The van der Waals surface area contributed by atoms with Crippen LogP contribution in [0.15, 0.2) is 46.3 Å². The van der Waals surface area contributed by atoms with Crippen LogP contribution in [-0.4, -0.2) is 29.7 Å². The molecule has 0 atom stereocenters. The summed E-state index contributed by atoms with van der Waals surface area (Å²) in [6.45, 7) is 6.19. The Morgan fingerprint density at radius 2 is 2.29 bits per heavy atom. The van der Waals surface area contributed by atoms with Gasteiger partial charge in [0.2, 0.25) is 4.80 Å². The average molecular weight is 303 g/mol. The average Bonchev–Trinajstić information content (AvgIpc) is 2.84. The van der Waals surface area contributed by atoms with Gasteiger partial charge in [0, 0.05) is 5.38 Å². The summed E-state index contributed by atoms with van der Waals surface area (Å²) in [7, 11) is 1.51. The summed E-state index contributed by atoms with van der Waals surface area (Å²) in [5, 5.41) is 16.0. The Morgan fingerprint density at radius 1 is 1.48 bits per heavy atom. The maximum atomic E-state index is 9.58. The molecule has 5 nitrogen and oxygen atoms in total. The number of phenols is 1. The molecule has 2 rings (SSSR count). The van der Waals surface area contributed by atoms with E-state index in [-0.39, 0.29) is 5.75 Å². The summed E-state index contributed by atoms with van der Waals surface area (Å²) in [6.07, 6.45) is 3.45. The smallest absolute Gasteiger partial charge is 0.206 e. The summed E-state index contributed by atoms with van der Waals surface area (Å²) in [4.78, 5) is 5.20. The summed E-state index contributed by atoms with van der Waals surface area (Å²) in [5.41, 5.74) is 1.84. The zero-order chi connectivity index (χ0) is 15.2. The van der Waals surface area contributed by atoms with Crippen LogP contribution >= 0.6 is 11.3 Å². The molecule has 1 aromatic heterocycles. The standard InChI is InChI=1S/C15H17N3O2S/c1-4-7-16-15-18(11(2)10-21-15)17-9-12-5-6-13(19)14(8-12)20-3/h4-6,8-10,19H,1,7H2,2-3H3/b16-15?,17-9+. The molecule has 1 heterocycles. The van der Waals surface area contributed by atoms with Gasteiger partial charge < -0.3 is 9.84 Å². The van der Waals surface area contributed by atoms with E-state index in [1.165, 1.54) is 18.4 Å². The van der Waals surface area contributed by atoms with Gasteiger partial charge in [-0.25, -0.2) is 4.68 Å². The van der Waals surface area contributed by atoms with Crippen LogP contribution in [0.1, 0.15) is 11.3 Å². The number of aromatic hydroxyl groups is 1. The molecule has 0 radical (unpaired) electrons. The summed E-state index contributed by atoms with van der Waals surface area (Å²) >= 11 is 1.53. The highest BCUT2D eigenvalue weighted by atomic mass is 32.1. The molecule has 0 saturated heterocycles. The number of nitrogens with zero attached hydrogens (tertiary/aromatic N) is 3. The van der Waals surface area contributed by atoms with E-state index < -0.39 is 0 Å². The van der Waals surface area contributed by atoms with Gasteiger partial charge in [0.1, 0.15) is 0 Å². The first-order valence-electron chi connectivity index (χ1n) is 6.35. The van der Waals surface area contributed by atoms with E-state index in [0.29, 0.717) is 12.3 Å². The minimum atomic E-state index is 0.107. The molecule has 21 heavy (non-hydrogen) atoms. The van der Waals surface area contributed by atoms with E-state index in [1.807, 2.05) is 12.3 Å². The first kappa shape index (κ1) is 15.1. The molecule has 0 aliphatic heterocycles. The van der Waals surface area contributed by atoms with E-state index in [1.54, 1.807) is 35.2 Å². The van der Waals surface area contributed by atoms with Crippen molar-refractivity contribution in [1.29, 1.82) is 0 Å². The first-order chi connectivity index (χ1) is 10.2. The van der Waals surface area contributed by atoms with E-state index in [9.17, 15) is 5.11 Å². The van der Waals surface area contributed by atoms with Crippen LogP contribution in [0.4, 0.5) is 0 Å². The Morgan fingerprint density at radius 3 is 3.00 bits per heavy atom. The molecule has 0 bridgehead atoms. The number of phenolic OH excluding ortho intramolecular Hbond substituents is 1. The normalized spacial score (nSPS) is 12.0. The van der Waals surface area contributed by atoms with Gasteiger partial charge in [-0.2, -0.15) is 5.10 Å². The van der Waals surface area contributed by atoms with Crippen molar-refractivity contribution >= 4 is 17.6 Å². The predicted octanol–water partition coefficient (Wildman–Crippen LogP) is 2.54. The molecule has 6 heteroatoms. The molecular formula is C15H17N3O2S. The number of thiazole rings is 1. The Balaban J connectivity index is 2.33. The molecule has 2 aromatic rings. The van der Waals surface area contributed by atoms with Crippen molar-refractivity contribution in [3.05, 3.63) is 52.3 Å². The second-order valence-corrected chi connectivity index (χ2v) is 5.11. The van der Waals surface area contributed by atoms with Gasteiger partial charge in [-0.1, -0.05) is 6.08 Å². The quantitative estimate of drug-likeness (QED) is 0.681. The van der Waals surface area contributed by atoms with Gasteiger partial charge in [0.25, 0.3) is 0 Å². The molecule has 1 aromatic carbocycles. The minimum Gasteiger partial charge on any atom is -0.504 e. The fraction of sp³-hybridized carbons (Fsp3) is 0.200. The number of methoxy groups -OCH3 is 1. The van der Waals surface area contributed by atoms with Gasteiger partial charge in [-0.05, 0) is 30.7 Å². The van der Waals surface area contributed by atoms with Crippen molar-refractivity contribution in [1.82, 2.24) is 4.68 Å². The fourth-order valence-electron chi connectivity index (χ4n) is 1.67. The van der Waals surface area contributed by atoms with Gasteiger partial charge in [0.05, 0.1) is 25.6 Å². The molecule has 1 N–H and O–H groups in total. The number of ether oxygens (including phenoxy) is 1. The fourth-order valence-corrected chi connectivity index (χ4v) is 2.49. The van der Waals surface area contributed by atoms with Crippen LogP contribution < -0.4 is 9.54 Å². The van der Waals surface area contributed by atoms with Crippen molar-refractivity contribution < 1.29 is 9.84 Å². The van der Waals surface area contributed by atoms with Crippen molar-refractivity contribution in [3.63, 3.8) is 0 Å². The summed E-state index contributed by atoms with van der Waals surface area (Å²) in [5.74, 6) is 0.526. The van der Waals surface area contributed by atoms with Crippen LogP contribution in [-0.2, 0) is 0 Å². The van der Waals surface area contributed by atoms with E-state index in [2.05, 4.69) is 16.7 Å². The highest BCUT2D eigenvalue weighted by Gasteiger charge is 2.02. The lowest BCUT2D eigenvalue weighted by molar-refractivity contribution is 0.373. The molecule has 0 amide bonds. The van der Waals surface area contributed by atoms with Crippen LogP contribution in [0.2, 0.25) is 0 Å². The van der Waals surface area contributed by atoms with Crippen LogP contribution in [0.5, 0.6) is 11.5 Å². The number of rotatable bonds is 5. The largest absolute Gasteiger partial charge is 0.504 e. The highest BCUT2D eigenvalue weighted by Crippen LogP contribution is 2.25. The second kappa shape index (κ2) is 6.90. The monoisotopic (exact) mass is 303 g/mol. The van der Waals surface area contributed by atoms with Crippen molar-refractivity contribution in [2.75, 3.05) is 13.7 Å². The lowest BCUT2D eigenvalue weighted by atomic mass is 10.2. The molecular weight excluding hydrogens is 286 g/mol. The summed E-state index contributed by atoms with van der Waals surface area (Å²) in [6, 6.07) is 5.07. The van der Waals surface area contributed by atoms with Crippen LogP contribution in [0, 0.1) is 6.92 Å². The Labute approximate surface area is 127 Å². The van der Waals surface area contributed by atoms with Crippen LogP contribution in [0.3, 0.4) is 0 Å². The third-order valence-electron chi connectivity index (χ3n) is 2.73. The van der Waals surface area contributed by atoms with E-state index in [0.717, 1.165) is 16.1 Å². The zero-order valence-corrected chi connectivity index (χ0v) is 12.8. The van der Waals surface area contributed by atoms with Crippen molar-refractivity contribution in [2.24, 2.45) is 10.1 Å². The Bertz CT molecular complexity index is 729. The van der Waals surface area contributed by atoms with E-state index in [4.69, 9.17) is 4.74 Å². The molecule has 0 spiro atoms. The number of aryl methyl sites for hydroxylation is 1. The third kappa shape index (κ3) is 3.61. The maximum Gasteiger partial charge on any atom is 0.206 e. The van der Waals surface area contributed by atoms with Crippen molar-refractivity contribution in [2.45, 2.75) is 6.92 Å². The Kier molecular flexibility index (Phi) is 4.94. The SMILES string of the molecule is C=CCN=c1scc(C)n1/N=C/c1ccc(O)c(OC)c1. The maximum absolute atomic E-state index is 9.58. The number of hydrogen-bond acceptors (Lipinski definition) is 5. The number of hydrogen-bond donors (Lipinski definition) is 1.